The molecule has 0 aromatic carbocycles. The lowest BCUT2D eigenvalue weighted by Gasteiger charge is -2.15. The second-order valence-electron chi connectivity index (χ2n) is 2.59. The molecular formula is C7H10Cl2N4O. The van der Waals surface area contributed by atoms with Crippen LogP contribution >= 0.6 is 23.2 Å². The summed E-state index contributed by atoms with van der Waals surface area (Å²) in [6, 6.07) is 0. The van der Waals surface area contributed by atoms with Crippen molar-refractivity contribution in [2.75, 3.05) is 32.2 Å². The number of nitrogens with zero attached hydrogens (tertiary/aromatic N) is 4. The Kier molecular flexibility index (Phi) is 4.31. The molecule has 0 unspecified atom stereocenters. The van der Waals surface area contributed by atoms with Crippen molar-refractivity contribution < 1.29 is 4.74 Å². The van der Waals surface area contributed by atoms with Gasteiger partial charge >= 0.3 is 0 Å². The van der Waals surface area contributed by atoms with Gasteiger partial charge in [0, 0.05) is 20.7 Å². The van der Waals surface area contributed by atoms with Crippen molar-refractivity contribution in [3.63, 3.8) is 0 Å². The molecule has 78 valence electrons. The van der Waals surface area contributed by atoms with Crippen LogP contribution in [0.15, 0.2) is 0 Å². The zero-order chi connectivity index (χ0) is 10.6. The van der Waals surface area contributed by atoms with Gasteiger partial charge in [0.25, 0.3) is 0 Å². The van der Waals surface area contributed by atoms with Gasteiger partial charge in [0.05, 0.1) is 6.61 Å². The van der Waals surface area contributed by atoms with Gasteiger partial charge in [0.1, 0.15) is 0 Å². The first-order chi connectivity index (χ1) is 6.63. The molecule has 0 amide bonds. The third kappa shape index (κ3) is 3.25. The minimum atomic E-state index is 0.0873. The monoisotopic (exact) mass is 236 g/mol. The minimum absolute atomic E-state index is 0.0873. The van der Waals surface area contributed by atoms with Crippen LogP contribution in [0, 0.1) is 0 Å². The van der Waals surface area contributed by atoms with E-state index in [1.165, 1.54) is 0 Å². The number of aromatic nitrogens is 3. The zero-order valence-corrected chi connectivity index (χ0v) is 9.38. The standard InChI is InChI=1S/C7H10Cl2N4O/c1-13(3-4-14-2)7-11-5(8)10-6(9)12-7/h3-4H2,1-2H3. The third-order valence-electron chi connectivity index (χ3n) is 1.54. The molecule has 0 spiro atoms. The first kappa shape index (κ1) is 11.4. The predicted molar refractivity (Wildman–Crippen MR) is 55.0 cm³/mol. The molecule has 7 heteroatoms. The Labute approximate surface area is 92.0 Å². The van der Waals surface area contributed by atoms with Crippen LogP contribution in [-0.2, 0) is 4.74 Å². The molecule has 1 aromatic heterocycles. The molecular weight excluding hydrogens is 227 g/mol. The summed E-state index contributed by atoms with van der Waals surface area (Å²) < 4.78 is 4.92. The highest BCUT2D eigenvalue weighted by atomic mass is 35.5. The highest BCUT2D eigenvalue weighted by Gasteiger charge is 2.07. The summed E-state index contributed by atoms with van der Waals surface area (Å²) in [7, 11) is 3.45. The highest BCUT2D eigenvalue weighted by molar-refractivity contribution is 6.31. The lowest BCUT2D eigenvalue weighted by molar-refractivity contribution is 0.206. The molecule has 1 rings (SSSR count). The van der Waals surface area contributed by atoms with Gasteiger partial charge in [-0.15, -0.1) is 0 Å². The average Bonchev–Trinajstić information content (AvgIpc) is 2.12. The van der Waals surface area contributed by atoms with E-state index in [0.717, 1.165) is 0 Å². The fourth-order valence-corrected chi connectivity index (χ4v) is 1.17. The van der Waals surface area contributed by atoms with Crippen molar-refractivity contribution in [1.82, 2.24) is 15.0 Å². The zero-order valence-electron chi connectivity index (χ0n) is 7.87. The summed E-state index contributed by atoms with van der Waals surface area (Å²) in [4.78, 5) is 13.3. The number of anilines is 1. The number of likely N-dealkylation sites (N-methyl/N-ethyl adjacent to an activating group) is 1. The van der Waals surface area contributed by atoms with Crippen LogP contribution in [-0.4, -0.2) is 42.3 Å². The largest absolute Gasteiger partial charge is 0.383 e. The van der Waals surface area contributed by atoms with Crippen LogP contribution in [0.3, 0.4) is 0 Å². The van der Waals surface area contributed by atoms with Crippen LogP contribution in [0.2, 0.25) is 10.6 Å². The van der Waals surface area contributed by atoms with Crippen LogP contribution in [0.4, 0.5) is 5.95 Å². The number of methoxy groups -OCH3 is 1. The summed E-state index contributed by atoms with van der Waals surface area (Å²) in [5, 5.41) is 0.175. The van der Waals surface area contributed by atoms with Crippen molar-refractivity contribution in [1.29, 1.82) is 0 Å². The fourth-order valence-electron chi connectivity index (χ4n) is 0.815. The van der Waals surface area contributed by atoms with Crippen molar-refractivity contribution in [3.8, 4) is 0 Å². The Bertz CT molecular complexity index is 289. The summed E-state index contributed by atoms with van der Waals surface area (Å²) in [5.74, 6) is 0.437. The van der Waals surface area contributed by atoms with Gasteiger partial charge in [-0.3, -0.25) is 0 Å². The quantitative estimate of drug-likeness (QED) is 0.788. The lowest BCUT2D eigenvalue weighted by atomic mass is 10.6. The Balaban J connectivity index is 2.73. The number of hydrogen-bond acceptors (Lipinski definition) is 5. The summed E-state index contributed by atoms with van der Waals surface area (Å²) in [6.45, 7) is 1.24. The molecule has 0 aliphatic heterocycles. The molecule has 0 atom stereocenters. The van der Waals surface area contributed by atoms with Gasteiger partial charge in [0.2, 0.25) is 16.5 Å². The van der Waals surface area contributed by atoms with Gasteiger partial charge in [0.15, 0.2) is 0 Å². The first-order valence-corrected chi connectivity index (χ1v) is 4.66. The second kappa shape index (κ2) is 5.29. The molecule has 0 bridgehead atoms. The molecule has 5 nitrogen and oxygen atoms in total. The van der Waals surface area contributed by atoms with E-state index < -0.39 is 0 Å². The van der Waals surface area contributed by atoms with Gasteiger partial charge in [-0.05, 0) is 23.2 Å². The molecule has 0 saturated heterocycles. The van der Waals surface area contributed by atoms with Gasteiger partial charge in [-0.25, -0.2) is 0 Å². The molecule has 1 aromatic rings. The van der Waals surface area contributed by atoms with Gasteiger partial charge in [-0.2, -0.15) is 15.0 Å². The lowest BCUT2D eigenvalue weighted by Crippen LogP contribution is -2.24. The SMILES string of the molecule is COCCN(C)c1nc(Cl)nc(Cl)n1. The van der Waals surface area contributed by atoms with Crippen LogP contribution in [0.1, 0.15) is 0 Å². The van der Waals surface area contributed by atoms with Crippen molar-refractivity contribution in [3.05, 3.63) is 10.6 Å². The molecule has 14 heavy (non-hydrogen) atoms. The van der Waals surface area contributed by atoms with Gasteiger partial charge in [-0.1, -0.05) is 0 Å². The van der Waals surface area contributed by atoms with Crippen LogP contribution in [0.5, 0.6) is 0 Å². The summed E-state index contributed by atoms with van der Waals surface area (Å²) in [5.41, 5.74) is 0. The van der Waals surface area contributed by atoms with E-state index in [1.807, 2.05) is 7.05 Å². The first-order valence-electron chi connectivity index (χ1n) is 3.90. The predicted octanol–water partition coefficient (Wildman–Crippen LogP) is 1.26. The van der Waals surface area contributed by atoms with Crippen molar-refractivity contribution in [2.24, 2.45) is 0 Å². The Morgan fingerprint density at radius 3 is 2.29 bits per heavy atom. The number of hydrogen-bond donors (Lipinski definition) is 0. The number of rotatable bonds is 4. The number of ether oxygens (including phenoxy) is 1. The summed E-state index contributed by atoms with van der Waals surface area (Å²) >= 11 is 11.2. The normalized spacial score (nSPS) is 10.3. The minimum Gasteiger partial charge on any atom is -0.383 e. The topological polar surface area (TPSA) is 51.1 Å². The molecule has 0 aliphatic rings. The molecule has 0 fully saturated rings. The van der Waals surface area contributed by atoms with E-state index in [4.69, 9.17) is 27.9 Å². The molecule has 0 radical (unpaired) electrons. The Morgan fingerprint density at radius 2 is 1.79 bits per heavy atom. The third-order valence-corrected chi connectivity index (χ3v) is 1.88. The maximum atomic E-state index is 5.62. The van der Waals surface area contributed by atoms with E-state index in [-0.39, 0.29) is 10.6 Å². The van der Waals surface area contributed by atoms with E-state index in [1.54, 1.807) is 12.0 Å². The number of halogens is 2. The molecule has 0 N–H and O–H groups in total. The average molecular weight is 237 g/mol. The van der Waals surface area contributed by atoms with Gasteiger partial charge < -0.3 is 9.64 Å². The summed E-state index contributed by atoms with van der Waals surface area (Å²) in [6.07, 6.45) is 0. The fraction of sp³-hybridized carbons (Fsp3) is 0.571. The van der Waals surface area contributed by atoms with E-state index in [0.29, 0.717) is 19.1 Å². The highest BCUT2D eigenvalue weighted by Crippen LogP contribution is 2.12. The molecule has 0 aliphatic carbocycles. The Hall–Kier alpha value is -0.650. The maximum absolute atomic E-state index is 5.62. The van der Waals surface area contributed by atoms with Crippen molar-refractivity contribution in [2.45, 2.75) is 0 Å². The second-order valence-corrected chi connectivity index (χ2v) is 3.26. The maximum Gasteiger partial charge on any atom is 0.230 e. The van der Waals surface area contributed by atoms with E-state index >= 15 is 0 Å². The van der Waals surface area contributed by atoms with Crippen LogP contribution < -0.4 is 4.90 Å². The smallest absolute Gasteiger partial charge is 0.230 e. The van der Waals surface area contributed by atoms with E-state index in [9.17, 15) is 0 Å². The van der Waals surface area contributed by atoms with Crippen LogP contribution in [0.25, 0.3) is 0 Å². The van der Waals surface area contributed by atoms with E-state index in [2.05, 4.69) is 15.0 Å². The Morgan fingerprint density at radius 1 is 1.21 bits per heavy atom. The molecule has 1 heterocycles. The van der Waals surface area contributed by atoms with Crippen molar-refractivity contribution >= 4 is 29.2 Å². The molecule has 0 saturated carbocycles.